The third-order valence-electron chi connectivity index (χ3n) is 8.84. The molecule has 3 heterocycles. The van der Waals surface area contributed by atoms with E-state index in [0.29, 0.717) is 31.3 Å². The number of amides is 2. The van der Waals surface area contributed by atoms with Crippen LogP contribution in [0.25, 0.3) is 10.9 Å². The van der Waals surface area contributed by atoms with Crippen molar-refractivity contribution in [1.29, 1.82) is 0 Å². The monoisotopic (exact) mass is 529 g/mol. The first kappa shape index (κ1) is 27.4. The van der Waals surface area contributed by atoms with Crippen LogP contribution < -0.4 is 0 Å². The van der Waals surface area contributed by atoms with E-state index in [1.165, 1.54) is 53.5 Å². The summed E-state index contributed by atoms with van der Waals surface area (Å²) in [4.78, 5) is 32.8. The van der Waals surface area contributed by atoms with Crippen molar-refractivity contribution in [3.05, 3.63) is 65.6 Å². The quantitative estimate of drug-likeness (QED) is 0.331. The van der Waals surface area contributed by atoms with E-state index in [2.05, 4.69) is 47.8 Å². The number of likely N-dealkylation sites (tertiary alicyclic amines) is 1. The van der Waals surface area contributed by atoms with Crippen molar-refractivity contribution in [2.24, 2.45) is 5.92 Å². The van der Waals surface area contributed by atoms with E-state index in [0.717, 1.165) is 17.5 Å². The second-order valence-corrected chi connectivity index (χ2v) is 12.6. The average Bonchev–Trinajstić information content (AvgIpc) is 3.42. The molecule has 2 aliphatic rings. The van der Waals surface area contributed by atoms with Gasteiger partial charge in [0.25, 0.3) is 0 Å². The topological polar surface area (TPSA) is 64.4 Å². The summed E-state index contributed by atoms with van der Waals surface area (Å²) in [5.74, 6) is 0.506. The van der Waals surface area contributed by atoms with Gasteiger partial charge in [-0.2, -0.15) is 0 Å². The molecule has 1 aliphatic carbocycles. The van der Waals surface area contributed by atoms with Crippen LogP contribution in [0.3, 0.4) is 0 Å². The number of hydrogen-bond acceptors (Lipinski definition) is 4. The van der Waals surface area contributed by atoms with Crippen LogP contribution in [0.4, 0.5) is 4.79 Å². The van der Waals surface area contributed by atoms with E-state index in [9.17, 15) is 9.59 Å². The molecule has 2 fully saturated rings. The molecule has 2 unspecified atom stereocenters. The standard InChI is InChI=1S/C33H43N3O3/c1-6-28(25-10-8-7-9-11-25)36-22-23(2)27-13-12-26(20-29(27)36)33(21-24-14-17-34-18-15-24)16-19-35(30(33)37)31(38)39-32(3,4)5/h12-15,17-18,20,22,25,28H,6-11,16,19,21H2,1-5H3. The first-order valence-electron chi connectivity index (χ1n) is 14.7. The Morgan fingerprint density at radius 2 is 1.85 bits per heavy atom. The number of pyridine rings is 1. The summed E-state index contributed by atoms with van der Waals surface area (Å²) in [5.41, 5.74) is 2.95. The summed E-state index contributed by atoms with van der Waals surface area (Å²) < 4.78 is 8.12. The molecule has 0 N–H and O–H groups in total. The predicted molar refractivity (Wildman–Crippen MR) is 155 cm³/mol. The van der Waals surface area contributed by atoms with Crippen LogP contribution in [0.5, 0.6) is 0 Å². The predicted octanol–water partition coefficient (Wildman–Crippen LogP) is 7.52. The summed E-state index contributed by atoms with van der Waals surface area (Å²) in [6.07, 6.45) is 14.0. The molecule has 2 amide bonds. The fourth-order valence-corrected chi connectivity index (χ4v) is 6.92. The molecule has 0 spiro atoms. The minimum absolute atomic E-state index is 0.179. The summed E-state index contributed by atoms with van der Waals surface area (Å²) in [6, 6.07) is 10.9. The normalized spacial score (nSPS) is 21.5. The Morgan fingerprint density at radius 3 is 2.51 bits per heavy atom. The van der Waals surface area contributed by atoms with Gasteiger partial charge in [0, 0.05) is 42.1 Å². The number of aromatic nitrogens is 2. The van der Waals surface area contributed by atoms with Gasteiger partial charge in [0.1, 0.15) is 5.60 Å². The minimum atomic E-state index is -0.845. The average molecular weight is 530 g/mol. The highest BCUT2D eigenvalue weighted by Gasteiger charge is 2.51. The van der Waals surface area contributed by atoms with Crippen LogP contribution in [-0.4, -0.2) is 38.6 Å². The molecule has 1 aliphatic heterocycles. The van der Waals surface area contributed by atoms with Crippen molar-refractivity contribution in [3.8, 4) is 0 Å². The molecule has 2 aromatic heterocycles. The molecule has 6 nitrogen and oxygen atoms in total. The molecule has 2 atom stereocenters. The molecule has 3 aromatic rings. The van der Waals surface area contributed by atoms with Gasteiger partial charge in [-0.1, -0.05) is 38.3 Å². The van der Waals surface area contributed by atoms with Gasteiger partial charge in [0.15, 0.2) is 0 Å². The number of benzene rings is 1. The first-order chi connectivity index (χ1) is 18.6. The Balaban J connectivity index is 1.59. The lowest BCUT2D eigenvalue weighted by molar-refractivity contribution is -0.131. The maximum absolute atomic E-state index is 14.2. The van der Waals surface area contributed by atoms with Gasteiger partial charge in [-0.15, -0.1) is 0 Å². The fourth-order valence-electron chi connectivity index (χ4n) is 6.92. The zero-order valence-electron chi connectivity index (χ0n) is 24.2. The molecule has 0 radical (unpaired) electrons. The molecular formula is C33H43N3O3. The van der Waals surface area contributed by atoms with Crippen molar-refractivity contribution >= 4 is 22.9 Å². The molecule has 1 aromatic carbocycles. The van der Waals surface area contributed by atoms with Crippen LogP contribution in [0.2, 0.25) is 0 Å². The summed E-state index contributed by atoms with van der Waals surface area (Å²) in [5, 5.41) is 1.24. The zero-order chi connectivity index (χ0) is 27.8. The van der Waals surface area contributed by atoms with Crippen molar-refractivity contribution < 1.29 is 14.3 Å². The van der Waals surface area contributed by atoms with E-state index in [4.69, 9.17) is 4.74 Å². The minimum Gasteiger partial charge on any atom is -0.443 e. The third kappa shape index (κ3) is 5.35. The van der Waals surface area contributed by atoms with Gasteiger partial charge in [-0.05, 0) is 101 Å². The maximum Gasteiger partial charge on any atom is 0.417 e. The maximum atomic E-state index is 14.2. The molecule has 0 bridgehead atoms. The number of rotatable bonds is 6. The van der Waals surface area contributed by atoms with Crippen LogP contribution in [0.1, 0.15) is 95.4 Å². The fraction of sp³-hybridized carbons (Fsp3) is 0.545. The largest absolute Gasteiger partial charge is 0.443 e. The molecule has 5 rings (SSSR count). The molecule has 1 saturated carbocycles. The lowest BCUT2D eigenvalue weighted by Gasteiger charge is -2.32. The molecular weight excluding hydrogens is 486 g/mol. The van der Waals surface area contributed by atoms with Crippen LogP contribution in [0, 0.1) is 12.8 Å². The Hall–Kier alpha value is -3.15. The highest BCUT2D eigenvalue weighted by atomic mass is 16.6. The Labute approximate surface area is 232 Å². The van der Waals surface area contributed by atoms with Crippen LogP contribution in [0.15, 0.2) is 48.9 Å². The number of carbonyl (C=O) groups is 2. The Bertz CT molecular complexity index is 1330. The highest BCUT2D eigenvalue weighted by molar-refractivity contribution is 6.01. The number of nitrogens with zero attached hydrogens (tertiary/aromatic N) is 3. The molecule has 6 heteroatoms. The van der Waals surface area contributed by atoms with Crippen LogP contribution in [-0.2, 0) is 21.4 Å². The van der Waals surface area contributed by atoms with E-state index in [1.807, 2.05) is 32.9 Å². The van der Waals surface area contributed by atoms with E-state index >= 15 is 0 Å². The van der Waals surface area contributed by atoms with Crippen molar-refractivity contribution in [2.75, 3.05) is 6.54 Å². The summed E-state index contributed by atoms with van der Waals surface area (Å²) >= 11 is 0. The Kier molecular flexibility index (Phi) is 7.58. The number of hydrogen-bond donors (Lipinski definition) is 0. The van der Waals surface area contributed by atoms with Crippen molar-refractivity contribution in [2.45, 2.75) is 103 Å². The van der Waals surface area contributed by atoms with Gasteiger partial charge in [-0.3, -0.25) is 9.78 Å². The van der Waals surface area contributed by atoms with Crippen molar-refractivity contribution in [3.63, 3.8) is 0 Å². The van der Waals surface area contributed by atoms with Crippen LogP contribution >= 0.6 is 0 Å². The highest BCUT2D eigenvalue weighted by Crippen LogP contribution is 2.43. The lowest BCUT2D eigenvalue weighted by atomic mass is 9.74. The third-order valence-corrected chi connectivity index (χ3v) is 8.84. The number of ether oxygens (including phenoxy) is 1. The SMILES string of the molecule is CCC(C1CCCCC1)n1cc(C)c2ccc(C3(Cc4ccncc4)CCN(C(=O)OC(C)(C)C)C3=O)cc21. The van der Waals surface area contributed by atoms with Gasteiger partial charge >= 0.3 is 6.09 Å². The van der Waals surface area contributed by atoms with Gasteiger partial charge in [0.2, 0.25) is 5.91 Å². The number of imide groups is 1. The smallest absolute Gasteiger partial charge is 0.417 e. The number of aryl methyl sites for hydroxylation is 1. The molecule has 1 saturated heterocycles. The molecule has 39 heavy (non-hydrogen) atoms. The van der Waals surface area contributed by atoms with E-state index < -0.39 is 17.1 Å². The lowest BCUT2D eigenvalue weighted by Crippen LogP contribution is -2.44. The second kappa shape index (κ2) is 10.8. The summed E-state index contributed by atoms with van der Waals surface area (Å²) in [7, 11) is 0. The Morgan fingerprint density at radius 1 is 1.13 bits per heavy atom. The second-order valence-electron chi connectivity index (χ2n) is 12.6. The van der Waals surface area contributed by atoms with E-state index in [1.54, 1.807) is 12.4 Å². The van der Waals surface area contributed by atoms with Gasteiger partial charge in [0.05, 0.1) is 5.41 Å². The van der Waals surface area contributed by atoms with E-state index in [-0.39, 0.29) is 5.91 Å². The zero-order valence-corrected chi connectivity index (χ0v) is 24.2. The van der Waals surface area contributed by atoms with Crippen molar-refractivity contribution in [1.82, 2.24) is 14.5 Å². The number of fused-ring (bicyclic) bond motifs is 1. The van der Waals surface area contributed by atoms with Gasteiger partial charge in [-0.25, -0.2) is 9.69 Å². The number of carbonyl (C=O) groups excluding carboxylic acids is 2. The summed E-state index contributed by atoms with van der Waals surface area (Å²) in [6.45, 7) is 10.3. The molecule has 208 valence electrons. The van der Waals surface area contributed by atoms with Gasteiger partial charge < -0.3 is 9.30 Å². The first-order valence-corrected chi connectivity index (χ1v) is 14.7.